The van der Waals surface area contributed by atoms with E-state index in [2.05, 4.69) is 17.1 Å². The Labute approximate surface area is 108 Å². The van der Waals surface area contributed by atoms with Crippen molar-refractivity contribution in [2.24, 2.45) is 0 Å². The van der Waals surface area contributed by atoms with Gasteiger partial charge in [-0.15, -0.1) is 0 Å². The van der Waals surface area contributed by atoms with E-state index in [1.807, 2.05) is 25.2 Å². The maximum Gasteiger partial charge on any atom is 0.0606 e. The van der Waals surface area contributed by atoms with Gasteiger partial charge in [-0.3, -0.25) is 0 Å². The summed E-state index contributed by atoms with van der Waals surface area (Å²) in [4.78, 5) is 2.18. The van der Waals surface area contributed by atoms with Crippen LogP contribution in [-0.2, 0) is 6.54 Å². The molecular formula is C13H21ClN2O. The molecular weight excluding hydrogens is 236 g/mol. The zero-order chi connectivity index (χ0) is 12.7. The Morgan fingerprint density at radius 2 is 2.12 bits per heavy atom. The molecule has 4 heteroatoms. The largest absolute Gasteiger partial charge is 0.395 e. The monoisotopic (exact) mass is 256 g/mol. The van der Waals surface area contributed by atoms with Crippen LogP contribution in [0.25, 0.3) is 0 Å². The molecule has 0 radical (unpaired) electrons. The van der Waals surface area contributed by atoms with Gasteiger partial charge in [-0.1, -0.05) is 24.6 Å². The first-order valence-corrected chi connectivity index (χ1v) is 6.39. The number of nitrogens with zero attached hydrogens (tertiary/aromatic N) is 1. The molecule has 96 valence electrons. The van der Waals surface area contributed by atoms with Crippen molar-refractivity contribution in [1.29, 1.82) is 0 Å². The van der Waals surface area contributed by atoms with E-state index in [1.165, 1.54) is 5.56 Å². The molecule has 0 saturated heterocycles. The summed E-state index contributed by atoms with van der Waals surface area (Å²) in [5.41, 5.74) is 2.32. The molecule has 0 atom stereocenters. The lowest BCUT2D eigenvalue weighted by Crippen LogP contribution is -2.29. The predicted octanol–water partition coefficient (Wildman–Crippen LogP) is 2.27. The Morgan fingerprint density at radius 3 is 2.71 bits per heavy atom. The maximum absolute atomic E-state index is 9.12. The molecule has 0 aromatic heterocycles. The van der Waals surface area contributed by atoms with Crippen molar-refractivity contribution in [3.8, 4) is 0 Å². The molecule has 0 unspecified atom stereocenters. The molecule has 17 heavy (non-hydrogen) atoms. The molecule has 0 spiro atoms. The van der Waals surface area contributed by atoms with Crippen LogP contribution in [-0.4, -0.2) is 31.9 Å². The van der Waals surface area contributed by atoms with Crippen LogP contribution >= 0.6 is 11.6 Å². The highest BCUT2D eigenvalue weighted by molar-refractivity contribution is 6.30. The highest BCUT2D eigenvalue weighted by atomic mass is 35.5. The second-order valence-corrected chi connectivity index (χ2v) is 4.45. The molecule has 0 bridgehead atoms. The van der Waals surface area contributed by atoms with Crippen molar-refractivity contribution in [2.45, 2.75) is 19.9 Å². The minimum absolute atomic E-state index is 0.158. The van der Waals surface area contributed by atoms with Crippen molar-refractivity contribution in [1.82, 2.24) is 5.32 Å². The first kappa shape index (κ1) is 14.3. The van der Waals surface area contributed by atoms with Crippen LogP contribution in [0.4, 0.5) is 5.69 Å². The number of hydrogen-bond acceptors (Lipinski definition) is 3. The molecule has 0 fully saturated rings. The predicted molar refractivity (Wildman–Crippen MR) is 73.8 cm³/mol. The third-order valence-corrected chi connectivity index (χ3v) is 2.85. The van der Waals surface area contributed by atoms with Crippen LogP contribution in [0, 0.1) is 0 Å². The van der Waals surface area contributed by atoms with E-state index in [9.17, 15) is 0 Å². The van der Waals surface area contributed by atoms with Gasteiger partial charge < -0.3 is 15.3 Å². The van der Waals surface area contributed by atoms with E-state index < -0.39 is 0 Å². The van der Waals surface area contributed by atoms with Gasteiger partial charge >= 0.3 is 0 Å². The van der Waals surface area contributed by atoms with Crippen LogP contribution in [0.15, 0.2) is 18.2 Å². The SMILES string of the molecule is CCCN(CCO)c1cc(Cl)ccc1CNC. The summed E-state index contributed by atoms with van der Waals surface area (Å²) in [6.45, 7) is 4.67. The van der Waals surface area contributed by atoms with E-state index in [0.717, 1.165) is 30.2 Å². The van der Waals surface area contributed by atoms with Gasteiger partial charge in [0.05, 0.1) is 6.61 Å². The number of hydrogen-bond donors (Lipinski definition) is 2. The number of rotatable bonds is 7. The number of aliphatic hydroxyl groups is 1. The zero-order valence-corrected chi connectivity index (χ0v) is 11.3. The van der Waals surface area contributed by atoms with Crippen LogP contribution in [0.3, 0.4) is 0 Å². The lowest BCUT2D eigenvalue weighted by atomic mass is 10.1. The van der Waals surface area contributed by atoms with Crippen molar-refractivity contribution in [3.63, 3.8) is 0 Å². The third-order valence-electron chi connectivity index (χ3n) is 2.62. The second kappa shape index (κ2) is 7.54. The van der Waals surface area contributed by atoms with E-state index in [0.29, 0.717) is 6.54 Å². The topological polar surface area (TPSA) is 35.5 Å². The summed E-state index contributed by atoms with van der Waals surface area (Å²) in [5.74, 6) is 0. The van der Waals surface area contributed by atoms with E-state index in [-0.39, 0.29) is 6.61 Å². The molecule has 1 aromatic rings. The molecule has 0 saturated carbocycles. The minimum atomic E-state index is 0.158. The Balaban J connectivity index is 3.00. The summed E-state index contributed by atoms with van der Waals surface area (Å²) in [5, 5.41) is 13.0. The Morgan fingerprint density at radius 1 is 1.35 bits per heavy atom. The standard InChI is InChI=1S/C13H21ClN2O/c1-3-6-16(7-8-17)13-9-12(14)5-4-11(13)10-15-2/h4-5,9,15,17H,3,6-8,10H2,1-2H3. The Kier molecular flexibility index (Phi) is 6.34. The van der Waals surface area contributed by atoms with Crippen LogP contribution < -0.4 is 10.2 Å². The first-order valence-electron chi connectivity index (χ1n) is 6.01. The average Bonchev–Trinajstić information content (AvgIpc) is 2.31. The lowest BCUT2D eigenvalue weighted by molar-refractivity contribution is 0.301. The molecule has 1 rings (SSSR count). The summed E-state index contributed by atoms with van der Waals surface area (Å²) >= 11 is 6.05. The van der Waals surface area contributed by atoms with Gasteiger partial charge in [0.25, 0.3) is 0 Å². The van der Waals surface area contributed by atoms with Crippen molar-refractivity contribution in [2.75, 3.05) is 31.6 Å². The normalized spacial score (nSPS) is 10.6. The third kappa shape index (κ3) is 4.19. The van der Waals surface area contributed by atoms with E-state index in [1.54, 1.807) is 0 Å². The number of anilines is 1. The highest BCUT2D eigenvalue weighted by Gasteiger charge is 2.10. The molecule has 1 aromatic carbocycles. The highest BCUT2D eigenvalue weighted by Crippen LogP contribution is 2.25. The first-order chi connectivity index (χ1) is 8.22. The number of halogens is 1. The van der Waals surface area contributed by atoms with Crippen LogP contribution in [0.1, 0.15) is 18.9 Å². The van der Waals surface area contributed by atoms with E-state index >= 15 is 0 Å². The molecule has 0 aliphatic rings. The molecule has 2 N–H and O–H groups in total. The Hall–Kier alpha value is -0.770. The van der Waals surface area contributed by atoms with Gasteiger partial charge in [-0.25, -0.2) is 0 Å². The quantitative estimate of drug-likeness (QED) is 0.786. The smallest absolute Gasteiger partial charge is 0.0606 e. The van der Waals surface area contributed by atoms with Gasteiger partial charge in [0, 0.05) is 30.3 Å². The van der Waals surface area contributed by atoms with Gasteiger partial charge in [0.2, 0.25) is 0 Å². The van der Waals surface area contributed by atoms with Gasteiger partial charge in [-0.2, -0.15) is 0 Å². The van der Waals surface area contributed by atoms with Crippen molar-refractivity contribution in [3.05, 3.63) is 28.8 Å². The summed E-state index contributed by atoms with van der Waals surface area (Å²) in [7, 11) is 1.93. The average molecular weight is 257 g/mol. The van der Waals surface area contributed by atoms with Gasteiger partial charge in [-0.05, 0) is 31.2 Å². The van der Waals surface area contributed by atoms with Crippen LogP contribution in [0.2, 0.25) is 5.02 Å². The summed E-state index contributed by atoms with van der Waals surface area (Å²) in [6, 6.07) is 5.91. The molecule has 0 aliphatic carbocycles. The summed E-state index contributed by atoms with van der Waals surface area (Å²) in [6.07, 6.45) is 1.05. The molecule has 3 nitrogen and oxygen atoms in total. The molecule has 0 heterocycles. The number of benzene rings is 1. The van der Waals surface area contributed by atoms with E-state index in [4.69, 9.17) is 16.7 Å². The molecule has 0 aliphatic heterocycles. The van der Waals surface area contributed by atoms with Crippen LogP contribution in [0.5, 0.6) is 0 Å². The second-order valence-electron chi connectivity index (χ2n) is 4.01. The fourth-order valence-electron chi connectivity index (χ4n) is 1.91. The summed E-state index contributed by atoms with van der Waals surface area (Å²) < 4.78 is 0. The van der Waals surface area contributed by atoms with Crippen molar-refractivity contribution >= 4 is 17.3 Å². The fourth-order valence-corrected chi connectivity index (χ4v) is 2.08. The minimum Gasteiger partial charge on any atom is -0.395 e. The number of aliphatic hydroxyl groups excluding tert-OH is 1. The maximum atomic E-state index is 9.12. The Bertz CT molecular complexity index is 338. The fraction of sp³-hybridized carbons (Fsp3) is 0.538. The zero-order valence-electron chi connectivity index (χ0n) is 10.5. The van der Waals surface area contributed by atoms with Gasteiger partial charge in [0.1, 0.15) is 0 Å². The lowest BCUT2D eigenvalue weighted by Gasteiger charge is -2.26. The van der Waals surface area contributed by atoms with Crippen molar-refractivity contribution < 1.29 is 5.11 Å². The van der Waals surface area contributed by atoms with Gasteiger partial charge in [0.15, 0.2) is 0 Å². The molecule has 0 amide bonds. The number of nitrogens with one attached hydrogen (secondary N) is 1.